The van der Waals surface area contributed by atoms with Crippen molar-refractivity contribution in [1.29, 1.82) is 0 Å². The van der Waals surface area contributed by atoms with Gasteiger partial charge in [0, 0.05) is 6.04 Å². The number of nitrogens with one attached hydrogen (secondary N) is 1. The smallest absolute Gasteiger partial charge is 0.243 e. The van der Waals surface area contributed by atoms with Gasteiger partial charge in [-0.25, -0.2) is 0 Å². The van der Waals surface area contributed by atoms with Gasteiger partial charge in [0.2, 0.25) is 11.8 Å². The van der Waals surface area contributed by atoms with Crippen LogP contribution in [0.2, 0.25) is 0 Å². The van der Waals surface area contributed by atoms with Crippen molar-refractivity contribution in [2.75, 3.05) is 6.54 Å². The Morgan fingerprint density at radius 3 is 2.40 bits per heavy atom. The fourth-order valence-corrected chi connectivity index (χ4v) is 3.81. The Kier molecular flexibility index (Phi) is 5.06. The molecule has 1 atom stereocenters. The highest BCUT2D eigenvalue weighted by Gasteiger charge is 2.41. The third-order valence-corrected chi connectivity index (χ3v) is 4.81. The van der Waals surface area contributed by atoms with E-state index >= 15 is 0 Å². The predicted molar refractivity (Wildman–Crippen MR) is 79.1 cm³/mol. The maximum absolute atomic E-state index is 12.3. The van der Waals surface area contributed by atoms with E-state index in [-0.39, 0.29) is 36.4 Å². The molecule has 0 aromatic rings. The van der Waals surface area contributed by atoms with Gasteiger partial charge in [0.15, 0.2) is 0 Å². The summed E-state index contributed by atoms with van der Waals surface area (Å²) in [6.07, 6.45) is 7.08. The lowest BCUT2D eigenvalue weighted by Crippen LogP contribution is -2.63. The molecule has 114 valence electrons. The summed E-state index contributed by atoms with van der Waals surface area (Å²) in [5, 5.41) is 2.73. The highest BCUT2D eigenvalue weighted by molar-refractivity contribution is 5.95. The van der Waals surface area contributed by atoms with E-state index in [1.807, 2.05) is 18.7 Å². The second-order valence-electron chi connectivity index (χ2n) is 6.67. The second-order valence-corrected chi connectivity index (χ2v) is 6.67. The summed E-state index contributed by atoms with van der Waals surface area (Å²) in [5.74, 6) is 1.12. The molecule has 0 aromatic heterocycles. The van der Waals surface area contributed by atoms with Crippen molar-refractivity contribution in [3.63, 3.8) is 0 Å². The van der Waals surface area contributed by atoms with Gasteiger partial charge in [-0.05, 0) is 37.5 Å². The quantitative estimate of drug-likeness (QED) is 0.859. The molecule has 4 heteroatoms. The summed E-state index contributed by atoms with van der Waals surface area (Å²) in [6, 6.07) is -0.00182. The third kappa shape index (κ3) is 3.15. The van der Waals surface area contributed by atoms with Gasteiger partial charge in [-0.1, -0.05) is 33.6 Å². The standard InChI is InChI=1S/C16H28N2O2/c1-4-5-12-6-8-13(9-7-12)18-14(19)10-17-16(20)15(18)11(2)3/h11-13,15H,4-10H2,1-3H3,(H,17,20). The van der Waals surface area contributed by atoms with E-state index in [0.29, 0.717) is 0 Å². The molecule has 2 rings (SSSR count). The summed E-state index contributed by atoms with van der Waals surface area (Å²) < 4.78 is 0. The molecule has 4 nitrogen and oxygen atoms in total. The molecule has 0 radical (unpaired) electrons. The van der Waals surface area contributed by atoms with E-state index in [1.165, 1.54) is 25.7 Å². The van der Waals surface area contributed by atoms with Gasteiger partial charge >= 0.3 is 0 Å². The van der Waals surface area contributed by atoms with Gasteiger partial charge in [-0.15, -0.1) is 0 Å². The molecule has 20 heavy (non-hydrogen) atoms. The van der Waals surface area contributed by atoms with Gasteiger partial charge in [0.25, 0.3) is 0 Å². The monoisotopic (exact) mass is 280 g/mol. The largest absolute Gasteiger partial charge is 0.345 e. The van der Waals surface area contributed by atoms with Crippen LogP contribution in [0.4, 0.5) is 0 Å². The number of nitrogens with zero attached hydrogens (tertiary/aromatic N) is 1. The number of rotatable bonds is 4. The summed E-state index contributed by atoms with van der Waals surface area (Å²) in [7, 11) is 0. The van der Waals surface area contributed by atoms with E-state index < -0.39 is 0 Å². The van der Waals surface area contributed by atoms with Crippen LogP contribution in [0.5, 0.6) is 0 Å². The zero-order valence-corrected chi connectivity index (χ0v) is 13.0. The molecule has 2 aliphatic rings. The molecule has 0 aromatic carbocycles. The number of hydrogen-bond acceptors (Lipinski definition) is 2. The van der Waals surface area contributed by atoms with E-state index in [0.717, 1.165) is 18.8 Å². The maximum Gasteiger partial charge on any atom is 0.243 e. The van der Waals surface area contributed by atoms with Gasteiger partial charge < -0.3 is 10.2 Å². The number of amides is 2. The lowest BCUT2D eigenvalue weighted by molar-refractivity contribution is -0.151. The van der Waals surface area contributed by atoms with Crippen molar-refractivity contribution in [1.82, 2.24) is 10.2 Å². The van der Waals surface area contributed by atoms with Crippen LogP contribution in [-0.2, 0) is 9.59 Å². The summed E-state index contributed by atoms with van der Waals surface area (Å²) in [4.78, 5) is 26.3. The fourth-order valence-electron chi connectivity index (χ4n) is 3.81. The minimum atomic E-state index is -0.274. The molecule has 2 fully saturated rings. The predicted octanol–water partition coefficient (Wildman–Crippen LogP) is 2.33. The van der Waals surface area contributed by atoms with Gasteiger partial charge in [-0.3, -0.25) is 9.59 Å². The highest BCUT2D eigenvalue weighted by atomic mass is 16.2. The van der Waals surface area contributed by atoms with Crippen molar-refractivity contribution in [2.24, 2.45) is 11.8 Å². The first-order chi connectivity index (χ1) is 9.54. The first-order valence-electron chi connectivity index (χ1n) is 8.13. The van der Waals surface area contributed by atoms with Crippen molar-refractivity contribution < 1.29 is 9.59 Å². The van der Waals surface area contributed by atoms with Crippen molar-refractivity contribution in [3.05, 3.63) is 0 Å². The Bertz CT molecular complexity index is 359. The van der Waals surface area contributed by atoms with Crippen LogP contribution in [-0.4, -0.2) is 35.3 Å². The summed E-state index contributed by atoms with van der Waals surface area (Å²) >= 11 is 0. The van der Waals surface area contributed by atoms with Crippen LogP contribution in [0.25, 0.3) is 0 Å². The van der Waals surface area contributed by atoms with Gasteiger partial charge in [-0.2, -0.15) is 0 Å². The van der Waals surface area contributed by atoms with Crippen molar-refractivity contribution >= 4 is 11.8 Å². The third-order valence-electron chi connectivity index (χ3n) is 4.81. The van der Waals surface area contributed by atoms with E-state index in [9.17, 15) is 9.59 Å². The molecule has 0 spiro atoms. The molecular formula is C16H28N2O2. The lowest BCUT2D eigenvalue weighted by atomic mass is 9.81. The second kappa shape index (κ2) is 6.59. The zero-order chi connectivity index (χ0) is 14.7. The first-order valence-corrected chi connectivity index (χ1v) is 8.13. The fraction of sp³-hybridized carbons (Fsp3) is 0.875. The topological polar surface area (TPSA) is 49.4 Å². The Labute approximate surface area is 122 Å². The molecular weight excluding hydrogens is 252 g/mol. The SMILES string of the molecule is CCCC1CCC(N2C(=O)CNC(=O)C2C(C)C)CC1. The van der Waals surface area contributed by atoms with Gasteiger partial charge in [0.1, 0.15) is 6.04 Å². The molecule has 1 N–H and O–H groups in total. The van der Waals surface area contributed by atoms with E-state index in [1.54, 1.807) is 0 Å². The molecule has 0 bridgehead atoms. The molecule has 1 saturated heterocycles. The van der Waals surface area contributed by atoms with E-state index in [4.69, 9.17) is 0 Å². The minimum Gasteiger partial charge on any atom is -0.345 e. The maximum atomic E-state index is 12.3. The zero-order valence-electron chi connectivity index (χ0n) is 13.0. The molecule has 2 amide bonds. The molecule has 1 aliphatic carbocycles. The first kappa shape index (κ1) is 15.3. The average molecular weight is 280 g/mol. The number of carbonyl (C=O) groups is 2. The van der Waals surface area contributed by atoms with Crippen LogP contribution in [0.1, 0.15) is 59.3 Å². The highest BCUT2D eigenvalue weighted by Crippen LogP contribution is 2.33. The van der Waals surface area contributed by atoms with Crippen LogP contribution in [0.3, 0.4) is 0 Å². The van der Waals surface area contributed by atoms with Crippen molar-refractivity contribution in [2.45, 2.75) is 71.4 Å². The number of hydrogen-bond donors (Lipinski definition) is 1. The van der Waals surface area contributed by atoms with Crippen LogP contribution < -0.4 is 5.32 Å². The molecule has 1 aliphatic heterocycles. The Morgan fingerprint density at radius 2 is 1.85 bits per heavy atom. The summed E-state index contributed by atoms with van der Waals surface area (Å²) in [6.45, 7) is 6.47. The van der Waals surface area contributed by atoms with Crippen LogP contribution in [0.15, 0.2) is 0 Å². The molecule has 1 heterocycles. The summed E-state index contributed by atoms with van der Waals surface area (Å²) in [5.41, 5.74) is 0. The molecule has 1 saturated carbocycles. The molecule has 1 unspecified atom stereocenters. The Hall–Kier alpha value is -1.06. The van der Waals surface area contributed by atoms with Crippen LogP contribution >= 0.6 is 0 Å². The minimum absolute atomic E-state index is 0.0234. The number of carbonyl (C=O) groups excluding carboxylic acids is 2. The Morgan fingerprint density at radius 1 is 1.20 bits per heavy atom. The van der Waals surface area contributed by atoms with Gasteiger partial charge in [0.05, 0.1) is 6.54 Å². The average Bonchev–Trinajstić information content (AvgIpc) is 2.42. The number of piperazine rings is 1. The van der Waals surface area contributed by atoms with E-state index in [2.05, 4.69) is 12.2 Å². The Balaban J connectivity index is 2.05. The lowest BCUT2D eigenvalue weighted by Gasteiger charge is -2.44. The van der Waals surface area contributed by atoms with Crippen LogP contribution in [0, 0.1) is 11.8 Å². The normalized spacial score (nSPS) is 31.6. The van der Waals surface area contributed by atoms with Crippen molar-refractivity contribution in [3.8, 4) is 0 Å².